The van der Waals surface area contributed by atoms with Crippen molar-refractivity contribution in [3.05, 3.63) is 27.1 Å². The topological polar surface area (TPSA) is 81.5 Å². The van der Waals surface area contributed by atoms with Gasteiger partial charge in [-0.2, -0.15) is 0 Å². The van der Waals surface area contributed by atoms with E-state index < -0.39 is 5.97 Å². The fourth-order valence-electron chi connectivity index (χ4n) is 4.54. The highest BCUT2D eigenvalue weighted by atomic mass is 32.1. The number of esters is 1. The van der Waals surface area contributed by atoms with E-state index in [0.29, 0.717) is 0 Å². The average molecular weight is 418 g/mol. The molecule has 2 aromatic rings. The van der Waals surface area contributed by atoms with E-state index in [1.807, 2.05) is 0 Å². The lowest BCUT2D eigenvalue weighted by atomic mass is 9.97. The monoisotopic (exact) mass is 417 g/mol. The molecule has 0 N–H and O–H groups in total. The van der Waals surface area contributed by atoms with E-state index in [-0.39, 0.29) is 37.0 Å². The highest BCUT2D eigenvalue weighted by Gasteiger charge is 2.28. The molecule has 4 rings (SSSR count). The molecule has 2 aliphatic rings. The molecule has 0 unspecified atom stereocenters. The first kappa shape index (κ1) is 20.1. The van der Waals surface area contributed by atoms with Crippen LogP contribution in [-0.4, -0.2) is 46.0 Å². The molecule has 1 amide bonds. The summed E-state index contributed by atoms with van der Waals surface area (Å²) in [5.41, 5.74) is 1.11. The number of nitrogens with zero attached hydrogens (tertiary/aromatic N) is 3. The third-order valence-corrected chi connectivity index (χ3v) is 7.32. The van der Waals surface area contributed by atoms with Crippen LogP contribution in [0, 0.1) is 0 Å². The second-order valence-electron chi connectivity index (χ2n) is 7.92. The summed E-state index contributed by atoms with van der Waals surface area (Å²) in [6.07, 6.45) is 9.93. The smallest absolute Gasteiger partial charge is 0.325 e. The highest BCUT2D eigenvalue weighted by molar-refractivity contribution is 7.18. The quantitative estimate of drug-likeness (QED) is 0.675. The van der Waals surface area contributed by atoms with E-state index in [9.17, 15) is 14.4 Å². The Balaban J connectivity index is 1.52. The van der Waals surface area contributed by atoms with E-state index in [2.05, 4.69) is 4.98 Å². The van der Waals surface area contributed by atoms with Crippen LogP contribution in [0.2, 0.25) is 0 Å². The summed E-state index contributed by atoms with van der Waals surface area (Å²) in [6, 6.07) is 0.0859. The van der Waals surface area contributed by atoms with E-state index in [0.717, 1.165) is 60.7 Å². The van der Waals surface area contributed by atoms with Gasteiger partial charge in [-0.05, 0) is 44.1 Å². The van der Waals surface area contributed by atoms with Crippen LogP contribution in [0.15, 0.2) is 11.1 Å². The molecule has 2 aliphatic carbocycles. The highest BCUT2D eigenvalue weighted by Crippen LogP contribution is 2.33. The van der Waals surface area contributed by atoms with Gasteiger partial charge in [0.15, 0.2) is 0 Å². The van der Waals surface area contributed by atoms with Crippen molar-refractivity contribution in [2.75, 3.05) is 13.7 Å². The predicted molar refractivity (Wildman–Crippen MR) is 111 cm³/mol. The minimum atomic E-state index is -0.407. The Morgan fingerprint density at radius 3 is 2.76 bits per heavy atom. The molecule has 0 saturated heterocycles. The molecular formula is C21H27N3O4S. The molecule has 0 spiro atoms. The van der Waals surface area contributed by atoms with Gasteiger partial charge in [-0.1, -0.05) is 12.8 Å². The minimum absolute atomic E-state index is 0.0236. The maximum Gasteiger partial charge on any atom is 0.325 e. The molecule has 0 radical (unpaired) electrons. The lowest BCUT2D eigenvalue weighted by molar-refractivity contribution is -0.148. The molecule has 0 atom stereocenters. The van der Waals surface area contributed by atoms with Gasteiger partial charge in [0.2, 0.25) is 5.91 Å². The Kier molecular flexibility index (Phi) is 5.99. The Morgan fingerprint density at radius 1 is 1.24 bits per heavy atom. The largest absolute Gasteiger partial charge is 0.468 e. The zero-order valence-corrected chi connectivity index (χ0v) is 17.6. The van der Waals surface area contributed by atoms with E-state index >= 15 is 0 Å². The number of hydrogen-bond acceptors (Lipinski definition) is 6. The third kappa shape index (κ3) is 4.08. The Labute approximate surface area is 173 Å². The molecule has 29 heavy (non-hydrogen) atoms. The second-order valence-corrected chi connectivity index (χ2v) is 9.00. The number of thiophene rings is 1. The maximum atomic E-state index is 13.1. The molecule has 1 fully saturated rings. The SMILES string of the molecule is COC(=O)CN(C(=O)CCn1cnc2sc3c(c2c1=O)CCCC3)C1CCCC1. The minimum Gasteiger partial charge on any atom is -0.468 e. The molecule has 1 saturated carbocycles. The lowest BCUT2D eigenvalue weighted by Crippen LogP contribution is -2.43. The molecule has 0 aliphatic heterocycles. The van der Waals surface area contributed by atoms with Gasteiger partial charge in [-0.25, -0.2) is 4.98 Å². The van der Waals surface area contributed by atoms with Crippen LogP contribution in [0.5, 0.6) is 0 Å². The summed E-state index contributed by atoms with van der Waals surface area (Å²) in [5, 5.41) is 0.738. The van der Waals surface area contributed by atoms with Gasteiger partial charge in [0.25, 0.3) is 5.56 Å². The Morgan fingerprint density at radius 2 is 2.00 bits per heavy atom. The van der Waals surface area contributed by atoms with Crippen LogP contribution in [0.3, 0.4) is 0 Å². The summed E-state index contributed by atoms with van der Waals surface area (Å²) in [7, 11) is 1.33. The summed E-state index contributed by atoms with van der Waals surface area (Å²) >= 11 is 1.63. The van der Waals surface area contributed by atoms with Gasteiger partial charge in [0.05, 0.1) is 18.8 Å². The normalized spacial score (nSPS) is 16.7. The first-order valence-corrected chi connectivity index (χ1v) is 11.3. The van der Waals surface area contributed by atoms with Crippen molar-refractivity contribution < 1.29 is 14.3 Å². The summed E-state index contributed by atoms with van der Waals surface area (Å²) in [4.78, 5) is 46.0. The number of aryl methyl sites for hydroxylation is 3. The van der Waals surface area contributed by atoms with Gasteiger partial charge >= 0.3 is 5.97 Å². The number of ether oxygens (including phenoxy) is 1. The number of rotatable bonds is 6. The zero-order chi connectivity index (χ0) is 20.4. The van der Waals surface area contributed by atoms with Crippen LogP contribution in [-0.2, 0) is 33.7 Å². The van der Waals surface area contributed by atoms with Crippen LogP contribution < -0.4 is 5.56 Å². The number of carbonyl (C=O) groups is 2. The standard InChI is InChI=1S/C21H27N3O4S/c1-28-18(26)12-24(14-6-2-3-7-14)17(25)10-11-23-13-22-20-19(21(23)27)15-8-4-5-9-16(15)29-20/h13-14H,2-12H2,1H3. The summed E-state index contributed by atoms with van der Waals surface area (Å²) in [5.74, 6) is -0.517. The zero-order valence-electron chi connectivity index (χ0n) is 16.8. The van der Waals surface area contributed by atoms with Crippen molar-refractivity contribution in [2.24, 2.45) is 0 Å². The van der Waals surface area contributed by atoms with Crippen LogP contribution in [0.1, 0.15) is 55.4 Å². The molecule has 0 bridgehead atoms. The summed E-state index contributed by atoms with van der Waals surface area (Å²) < 4.78 is 6.32. The van der Waals surface area contributed by atoms with Crippen LogP contribution >= 0.6 is 11.3 Å². The van der Waals surface area contributed by atoms with Crippen molar-refractivity contribution in [2.45, 2.75) is 70.4 Å². The van der Waals surface area contributed by atoms with Gasteiger partial charge in [0, 0.05) is 23.9 Å². The number of aromatic nitrogens is 2. The fourth-order valence-corrected chi connectivity index (χ4v) is 5.76. The van der Waals surface area contributed by atoms with Crippen molar-refractivity contribution >= 4 is 33.4 Å². The fraction of sp³-hybridized carbons (Fsp3) is 0.619. The van der Waals surface area contributed by atoms with Gasteiger partial charge < -0.3 is 9.64 Å². The van der Waals surface area contributed by atoms with Crippen molar-refractivity contribution in [3.63, 3.8) is 0 Å². The molecule has 8 heteroatoms. The number of amides is 1. The Bertz CT molecular complexity index is 974. The predicted octanol–water partition coefficient (Wildman–Crippen LogP) is 2.67. The van der Waals surface area contributed by atoms with Crippen molar-refractivity contribution in [1.82, 2.24) is 14.5 Å². The molecular weight excluding hydrogens is 390 g/mol. The number of fused-ring (bicyclic) bond motifs is 3. The van der Waals surface area contributed by atoms with Gasteiger partial charge in [-0.3, -0.25) is 19.0 Å². The lowest BCUT2D eigenvalue weighted by Gasteiger charge is -2.28. The van der Waals surface area contributed by atoms with Gasteiger partial charge in [0.1, 0.15) is 11.4 Å². The number of carbonyl (C=O) groups excluding carboxylic acids is 2. The maximum absolute atomic E-state index is 13.1. The van der Waals surface area contributed by atoms with Gasteiger partial charge in [-0.15, -0.1) is 11.3 Å². The third-order valence-electron chi connectivity index (χ3n) is 6.12. The van der Waals surface area contributed by atoms with Crippen molar-refractivity contribution in [3.8, 4) is 0 Å². The van der Waals surface area contributed by atoms with E-state index in [4.69, 9.17) is 4.74 Å². The van der Waals surface area contributed by atoms with E-state index in [1.165, 1.54) is 18.4 Å². The summed E-state index contributed by atoms with van der Waals surface area (Å²) in [6.45, 7) is 0.250. The second kappa shape index (κ2) is 8.65. The molecule has 2 heterocycles. The van der Waals surface area contributed by atoms with Crippen LogP contribution in [0.25, 0.3) is 10.2 Å². The number of methoxy groups -OCH3 is 1. The molecule has 2 aromatic heterocycles. The average Bonchev–Trinajstić information content (AvgIpc) is 3.39. The van der Waals surface area contributed by atoms with Crippen LogP contribution in [0.4, 0.5) is 0 Å². The number of hydrogen-bond donors (Lipinski definition) is 0. The first-order valence-electron chi connectivity index (χ1n) is 10.4. The molecule has 156 valence electrons. The molecule has 0 aromatic carbocycles. The molecule has 7 nitrogen and oxygen atoms in total. The first-order chi connectivity index (χ1) is 14.1. The van der Waals surface area contributed by atoms with Crippen molar-refractivity contribution in [1.29, 1.82) is 0 Å². The van der Waals surface area contributed by atoms with E-state index in [1.54, 1.807) is 27.1 Å². The Hall–Kier alpha value is -2.22.